The summed E-state index contributed by atoms with van der Waals surface area (Å²) in [5, 5.41) is 18.1. The van der Waals surface area contributed by atoms with Gasteiger partial charge in [0.05, 0.1) is 28.4 Å². The molecule has 0 unspecified atom stereocenters. The Morgan fingerprint density at radius 2 is 2.23 bits per heavy atom. The second kappa shape index (κ2) is 6.57. The van der Waals surface area contributed by atoms with Crippen LogP contribution >= 0.6 is 11.6 Å². The highest BCUT2D eigenvalue weighted by Gasteiger charge is 2.15. The van der Waals surface area contributed by atoms with E-state index in [9.17, 15) is 14.9 Å². The molecule has 7 nitrogen and oxygen atoms in total. The molecule has 2 rings (SSSR count). The number of nitro groups is 1. The largest absolute Gasteiger partial charge is 0.346 e. The van der Waals surface area contributed by atoms with Crippen molar-refractivity contribution in [1.29, 1.82) is 0 Å². The molecule has 1 aromatic heterocycles. The lowest BCUT2D eigenvalue weighted by Crippen LogP contribution is -2.24. The minimum Gasteiger partial charge on any atom is -0.346 e. The number of nitrogens with one attached hydrogen (secondary N) is 1. The Bertz CT molecular complexity index is 727. The van der Waals surface area contributed by atoms with Gasteiger partial charge in [-0.3, -0.25) is 19.6 Å². The number of rotatable bonds is 5. The standard InChI is InChI=1S/C14H15ClN4O3/c1-3-18-13(11(15)7-17-18)8-16-14(20)10-4-5-12(19(21)22)9(2)6-10/h4-7H,3,8H2,1-2H3,(H,16,20). The molecule has 0 spiro atoms. The van der Waals surface area contributed by atoms with Crippen molar-refractivity contribution in [2.75, 3.05) is 0 Å². The number of aromatic nitrogens is 2. The van der Waals surface area contributed by atoms with Crippen LogP contribution in [0.25, 0.3) is 0 Å². The molecular formula is C14H15ClN4O3. The second-order valence-electron chi connectivity index (χ2n) is 4.70. The first-order valence-corrected chi connectivity index (χ1v) is 7.05. The summed E-state index contributed by atoms with van der Waals surface area (Å²) in [5.74, 6) is -0.321. The highest BCUT2D eigenvalue weighted by Crippen LogP contribution is 2.19. The Hall–Kier alpha value is -2.41. The van der Waals surface area contributed by atoms with Gasteiger partial charge in [-0.05, 0) is 26.0 Å². The Morgan fingerprint density at radius 1 is 1.50 bits per heavy atom. The Labute approximate surface area is 132 Å². The molecule has 1 N–H and O–H groups in total. The maximum absolute atomic E-state index is 12.1. The van der Waals surface area contributed by atoms with E-state index in [1.54, 1.807) is 11.6 Å². The first kappa shape index (κ1) is 16.0. The highest BCUT2D eigenvalue weighted by atomic mass is 35.5. The first-order valence-electron chi connectivity index (χ1n) is 6.67. The summed E-state index contributed by atoms with van der Waals surface area (Å²) in [6.07, 6.45) is 1.53. The van der Waals surface area contributed by atoms with Gasteiger partial charge >= 0.3 is 0 Å². The maximum atomic E-state index is 12.1. The molecule has 22 heavy (non-hydrogen) atoms. The number of benzene rings is 1. The molecular weight excluding hydrogens is 308 g/mol. The summed E-state index contributed by atoms with van der Waals surface area (Å²) in [4.78, 5) is 22.4. The molecule has 0 saturated carbocycles. The summed E-state index contributed by atoms with van der Waals surface area (Å²) in [7, 11) is 0. The Morgan fingerprint density at radius 3 is 2.82 bits per heavy atom. The molecule has 0 bridgehead atoms. The van der Waals surface area contributed by atoms with Crippen LogP contribution in [0.4, 0.5) is 5.69 Å². The second-order valence-corrected chi connectivity index (χ2v) is 5.10. The van der Waals surface area contributed by atoms with Gasteiger partial charge in [-0.15, -0.1) is 0 Å². The SMILES string of the molecule is CCn1ncc(Cl)c1CNC(=O)c1ccc([N+](=O)[O-])c(C)c1. The molecule has 0 aliphatic heterocycles. The third-order valence-electron chi connectivity index (χ3n) is 3.27. The number of carbonyl (C=O) groups is 1. The van der Waals surface area contributed by atoms with E-state index in [0.29, 0.717) is 22.7 Å². The zero-order chi connectivity index (χ0) is 16.3. The van der Waals surface area contributed by atoms with Crippen molar-refractivity contribution in [1.82, 2.24) is 15.1 Å². The average molecular weight is 323 g/mol. The lowest BCUT2D eigenvalue weighted by molar-refractivity contribution is -0.385. The van der Waals surface area contributed by atoms with Gasteiger partial charge in [0.25, 0.3) is 11.6 Å². The molecule has 2 aromatic rings. The van der Waals surface area contributed by atoms with Gasteiger partial charge in [0, 0.05) is 23.7 Å². The number of halogens is 1. The zero-order valence-corrected chi connectivity index (χ0v) is 12.9. The van der Waals surface area contributed by atoms with E-state index in [2.05, 4.69) is 10.4 Å². The fourth-order valence-corrected chi connectivity index (χ4v) is 2.31. The van der Waals surface area contributed by atoms with E-state index in [4.69, 9.17) is 11.6 Å². The van der Waals surface area contributed by atoms with E-state index in [1.807, 2.05) is 6.92 Å². The van der Waals surface area contributed by atoms with Gasteiger partial charge in [0.1, 0.15) is 0 Å². The molecule has 1 aromatic carbocycles. The van der Waals surface area contributed by atoms with Crippen molar-refractivity contribution < 1.29 is 9.72 Å². The van der Waals surface area contributed by atoms with Crippen LogP contribution in [0.1, 0.15) is 28.5 Å². The summed E-state index contributed by atoms with van der Waals surface area (Å²) in [6, 6.07) is 4.25. The molecule has 0 fully saturated rings. The minimum atomic E-state index is -0.476. The highest BCUT2D eigenvalue weighted by molar-refractivity contribution is 6.31. The Kier molecular flexibility index (Phi) is 4.77. The Balaban J connectivity index is 2.11. The van der Waals surface area contributed by atoms with Crippen molar-refractivity contribution in [3.05, 3.63) is 56.4 Å². The number of amides is 1. The first-order chi connectivity index (χ1) is 10.4. The minimum absolute atomic E-state index is 0.0105. The van der Waals surface area contributed by atoms with E-state index in [0.717, 1.165) is 5.69 Å². The molecule has 1 heterocycles. The summed E-state index contributed by atoms with van der Waals surface area (Å²) < 4.78 is 1.70. The summed E-state index contributed by atoms with van der Waals surface area (Å²) >= 11 is 6.02. The lowest BCUT2D eigenvalue weighted by Gasteiger charge is -2.08. The lowest BCUT2D eigenvalue weighted by atomic mass is 10.1. The van der Waals surface area contributed by atoms with Crippen molar-refractivity contribution in [3.8, 4) is 0 Å². The topological polar surface area (TPSA) is 90.1 Å². The van der Waals surface area contributed by atoms with Crippen molar-refractivity contribution in [2.45, 2.75) is 26.9 Å². The molecule has 116 valence electrons. The predicted molar refractivity (Wildman–Crippen MR) is 81.9 cm³/mol. The summed E-state index contributed by atoms with van der Waals surface area (Å²) in [5.41, 5.74) is 1.51. The van der Waals surface area contributed by atoms with Crippen LogP contribution in [-0.2, 0) is 13.1 Å². The molecule has 0 aliphatic carbocycles. The fraction of sp³-hybridized carbons (Fsp3) is 0.286. The van der Waals surface area contributed by atoms with Crippen molar-refractivity contribution >= 4 is 23.2 Å². The van der Waals surface area contributed by atoms with Gasteiger partial charge in [-0.2, -0.15) is 5.10 Å². The fourth-order valence-electron chi connectivity index (χ4n) is 2.10. The third kappa shape index (κ3) is 3.25. The van der Waals surface area contributed by atoms with Crippen LogP contribution in [0.3, 0.4) is 0 Å². The average Bonchev–Trinajstić information content (AvgIpc) is 2.84. The van der Waals surface area contributed by atoms with Crippen LogP contribution in [0, 0.1) is 17.0 Å². The van der Waals surface area contributed by atoms with E-state index >= 15 is 0 Å². The third-order valence-corrected chi connectivity index (χ3v) is 3.59. The molecule has 8 heteroatoms. The van der Waals surface area contributed by atoms with Crippen LogP contribution < -0.4 is 5.32 Å². The van der Waals surface area contributed by atoms with Crippen LogP contribution in [0.15, 0.2) is 24.4 Å². The van der Waals surface area contributed by atoms with Crippen LogP contribution in [-0.4, -0.2) is 20.6 Å². The van der Waals surface area contributed by atoms with Gasteiger partial charge in [0.2, 0.25) is 0 Å². The van der Waals surface area contributed by atoms with Crippen molar-refractivity contribution in [3.63, 3.8) is 0 Å². The molecule has 1 amide bonds. The van der Waals surface area contributed by atoms with Gasteiger partial charge in [0.15, 0.2) is 0 Å². The number of hydrogen-bond donors (Lipinski definition) is 1. The predicted octanol–water partition coefficient (Wildman–Crippen LogP) is 2.70. The summed E-state index contributed by atoms with van der Waals surface area (Å²) in [6.45, 7) is 4.41. The van der Waals surface area contributed by atoms with E-state index < -0.39 is 4.92 Å². The smallest absolute Gasteiger partial charge is 0.272 e. The van der Waals surface area contributed by atoms with Gasteiger partial charge in [-0.1, -0.05) is 11.6 Å². The number of nitro benzene ring substituents is 1. The van der Waals surface area contributed by atoms with Crippen LogP contribution in [0.2, 0.25) is 5.02 Å². The number of aryl methyl sites for hydroxylation is 2. The zero-order valence-electron chi connectivity index (χ0n) is 12.2. The number of nitrogens with zero attached hydrogens (tertiary/aromatic N) is 3. The van der Waals surface area contributed by atoms with Crippen molar-refractivity contribution in [2.24, 2.45) is 0 Å². The van der Waals surface area contributed by atoms with E-state index in [-0.39, 0.29) is 18.1 Å². The molecule has 0 saturated heterocycles. The molecule has 0 radical (unpaired) electrons. The van der Waals surface area contributed by atoms with E-state index in [1.165, 1.54) is 24.4 Å². The monoisotopic (exact) mass is 322 g/mol. The number of carbonyl (C=O) groups excluding carboxylic acids is 1. The van der Waals surface area contributed by atoms with Gasteiger partial charge < -0.3 is 5.32 Å². The van der Waals surface area contributed by atoms with Crippen LogP contribution in [0.5, 0.6) is 0 Å². The van der Waals surface area contributed by atoms with Gasteiger partial charge in [-0.25, -0.2) is 0 Å². The quantitative estimate of drug-likeness (QED) is 0.677. The molecule has 0 atom stereocenters. The maximum Gasteiger partial charge on any atom is 0.272 e. The number of hydrogen-bond acceptors (Lipinski definition) is 4. The normalized spacial score (nSPS) is 10.5. The molecule has 0 aliphatic rings.